The number of fused-ring (bicyclic) bond motifs is 1. The molecule has 0 atom stereocenters. The molecule has 4 rings (SSSR count). The highest BCUT2D eigenvalue weighted by molar-refractivity contribution is 5.94. The van der Waals surface area contributed by atoms with Crippen LogP contribution in [0.5, 0.6) is 0 Å². The van der Waals surface area contributed by atoms with E-state index in [-0.39, 0.29) is 10.6 Å². The van der Waals surface area contributed by atoms with Gasteiger partial charge in [-0.1, -0.05) is 43.9 Å². The molecule has 4 heteroatoms. The second-order valence-electron chi connectivity index (χ2n) is 6.88. The van der Waals surface area contributed by atoms with Crippen molar-refractivity contribution < 1.29 is 4.92 Å². The normalized spacial score (nSPS) is 14.9. The number of non-ortho nitro benzene ring substituents is 1. The molecule has 1 saturated carbocycles. The van der Waals surface area contributed by atoms with Crippen molar-refractivity contribution in [3.8, 4) is 11.1 Å². The van der Waals surface area contributed by atoms with Crippen molar-refractivity contribution in [3.05, 3.63) is 70.4 Å². The van der Waals surface area contributed by atoms with Crippen LogP contribution in [0, 0.1) is 16.0 Å². The van der Waals surface area contributed by atoms with E-state index in [1.54, 1.807) is 18.3 Å². The van der Waals surface area contributed by atoms with Gasteiger partial charge in [0.2, 0.25) is 0 Å². The lowest BCUT2D eigenvalue weighted by Crippen LogP contribution is -1.99. The second kappa shape index (κ2) is 6.63. The molecule has 2 aromatic carbocycles. The first-order valence-corrected chi connectivity index (χ1v) is 8.83. The predicted molar refractivity (Wildman–Crippen MR) is 99.5 cm³/mol. The Morgan fingerprint density at radius 1 is 1.08 bits per heavy atom. The van der Waals surface area contributed by atoms with Gasteiger partial charge in [0.1, 0.15) is 0 Å². The van der Waals surface area contributed by atoms with Crippen molar-refractivity contribution in [1.29, 1.82) is 0 Å². The Balaban J connectivity index is 1.83. The van der Waals surface area contributed by atoms with Gasteiger partial charge < -0.3 is 0 Å². The minimum atomic E-state index is -0.346. The Labute approximate surface area is 146 Å². The monoisotopic (exact) mass is 332 g/mol. The van der Waals surface area contributed by atoms with E-state index in [0.29, 0.717) is 0 Å². The van der Waals surface area contributed by atoms with Crippen molar-refractivity contribution >= 4 is 16.6 Å². The third-order valence-corrected chi connectivity index (χ3v) is 5.13. The Hall–Kier alpha value is -2.75. The Morgan fingerprint density at radius 2 is 1.92 bits per heavy atom. The van der Waals surface area contributed by atoms with Crippen LogP contribution in [0.3, 0.4) is 0 Å². The van der Waals surface area contributed by atoms with E-state index in [9.17, 15) is 10.1 Å². The second-order valence-corrected chi connectivity index (χ2v) is 6.88. The van der Waals surface area contributed by atoms with E-state index in [2.05, 4.69) is 23.2 Å². The fourth-order valence-corrected chi connectivity index (χ4v) is 3.93. The number of aromatic nitrogens is 1. The average Bonchev–Trinajstić information content (AvgIpc) is 3.14. The summed E-state index contributed by atoms with van der Waals surface area (Å²) in [6, 6.07) is 15.3. The van der Waals surface area contributed by atoms with Crippen LogP contribution in [0.4, 0.5) is 5.69 Å². The van der Waals surface area contributed by atoms with Crippen molar-refractivity contribution in [2.24, 2.45) is 5.92 Å². The van der Waals surface area contributed by atoms with E-state index in [1.165, 1.54) is 37.3 Å². The minimum Gasteiger partial charge on any atom is -0.258 e. The summed E-state index contributed by atoms with van der Waals surface area (Å²) in [5.74, 6) is 0.757. The highest BCUT2D eigenvalue weighted by Crippen LogP contribution is 2.34. The largest absolute Gasteiger partial charge is 0.270 e. The summed E-state index contributed by atoms with van der Waals surface area (Å²) < 4.78 is 0. The molecule has 0 bridgehead atoms. The lowest BCUT2D eigenvalue weighted by Gasteiger charge is -2.13. The van der Waals surface area contributed by atoms with E-state index in [1.807, 2.05) is 12.1 Å². The quantitative estimate of drug-likeness (QED) is 0.465. The number of nitro benzene ring substituents is 1. The number of hydrogen-bond acceptors (Lipinski definition) is 3. The summed E-state index contributed by atoms with van der Waals surface area (Å²) >= 11 is 0. The van der Waals surface area contributed by atoms with Crippen LogP contribution in [-0.2, 0) is 6.42 Å². The number of rotatable bonds is 4. The molecule has 3 aromatic rings. The molecule has 0 spiro atoms. The molecule has 0 N–H and O–H groups in total. The molecule has 25 heavy (non-hydrogen) atoms. The smallest absolute Gasteiger partial charge is 0.258 e. The first kappa shape index (κ1) is 15.8. The number of benzene rings is 2. The maximum Gasteiger partial charge on any atom is 0.270 e. The van der Waals surface area contributed by atoms with Gasteiger partial charge in [-0.25, -0.2) is 0 Å². The van der Waals surface area contributed by atoms with Crippen LogP contribution in [0.2, 0.25) is 0 Å². The van der Waals surface area contributed by atoms with Crippen molar-refractivity contribution in [1.82, 2.24) is 4.98 Å². The molecular formula is C21H20N2O2. The van der Waals surface area contributed by atoms with Crippen molar-refractivity contribution in [2.75, 3.05) is 0 Å². The molecule has 0 radical (unpaired) electrons. The lowest BCUT2D eigenvalue weighted by atomic mass is 9.93. The predicted octanol–water partition coefficient (Wildman–Crippen LogP) is 5.54. The van der Waals surface area contributed by atoms with Gasteiger partial charge in [0.25, 0.3) is 5.69 Å². The van der Waals surface area contributed by atoms with Crippen LogP contribution in [0.1, 0.15) is 31.2 Å². The zero-order valence-electron chi connectivity index (χ0n) is 14.0. The number of nitrogens with zero attached hydrogens (tertiary/aromatic N) is 2. The van der Waals surface area contributed by atoms with Crippen LogP contribution in [0.15, 0.2) is 54.7 Å². The minimum absolute atomic E-state index is 0.114. The Bertz CT molecular complexity index is 930. The van der Waals surface area contributed by atoms with Gasteiger partial charge in [0.15, 0.2) is 0 Å². The molecule has 1 aliphatic rings. The van der Waals surface area contributed by atoms with Gasteiger partial charge in [0, 0.05) is 29.3 Å². The zero-order chi connectivity index (χ0) is 17.2. The highest BCUT2D eigenvalue weighted by atomic mass is 16.6. The summed E-state index contributed by atoms with van der Waals surface area (Å²) in [5, 5.41) is 12.2. The lowest BCUT2D eigenvalue weighted by molar-refractivity contribution is -0.384. The van der Waals surface area contributed by atoms with Gasteiger partial charge >= 0.3 is 0 Å². The molecular weight excluding hydrogens is 312 g/mol. The molecule has 1 aromatic heterocycles. The highest BCUT2D eigenvalue weighted by Gasteiger charge is 2.17. The maximum atomic E-state index is 11.1. The summed E-state index contributed by atoms with van der Waals surface area (Å²) in [5.41, 5.74) is 4.15. The molecule has 4 nitrogen and oxygen atoms in total. The first-order valence-electron chi connectivity index (χ1n) is 8.83. The number of pyridine rings is 1. The van der Waals surface area contributed by atoms with E-state index >= 15 is 0 Å². The summed E-state index contributed by atoms with van der Waals surface area (Å²) in [6.07, 6.45) is 8.12. The SMILES string of the molecule is O=[N+]([O-])c1cccc(-c2cc(CC3CCCC3)cc3cccnc23)c1. The first-order chi connectivity index (χ1) is 12.2. The van der Waals surface area contributed by atoms with E-state index in [0.717, 1.165) is 34.4 Å². The average molecular weight is 332 g/mol. The van der Waals surface area contributed by atoms with Gasteiger partial charge in [0.05, 0.1) is 10.4 Å². The number of hydrogen-bond donors (Lipinski definition) is 0. The van der Waals surface area contributed by atoms with Crippen LogP contribution >= 0.6 is 0 Å². The van der Waals surface area contributed by atoms with Gasteiger partial charge in [-0.3, -0.25) is 15.1 Å². The Morgan fingerprint density at radius 3 is 2.72 bits per heavy atom. The summed E-state index contributed by atoms with van der Waals surface area (Å²) in [7, 11) is 0. The molecule has 0 unspecified atom stereocenters. The summed E-state index contributed by atoms with van der Waals surface area (Å²) in [4.78, 5) is 15.3. The molecule has 0 saturated heterocycles. The van der Waals surface area contributed by atoms with E-state index in [4.69, 9.17) is 0 Å². The van der Waals surface area contributed by atoms with Gasteiger partial charge in [-0.15, -0.1) is 0 Å². The third kappa shape index (κ3) is 3.25. The molecule has 126 valence electrons. The van der Waals surface area contributed by atoms with Crippen LogP contribution in [0.25, 0.3) is 22.0 Å². The Kier molecular flexibility index (Phi) is 4.18. The molecule has 1 heterocycles. The standard InChI is InChI=1S/C21H20N2O2/c24-23(25)19-9-3-7-17(14-19)20-13-16(11-15-5-1-2-6-15)12-18-8-4-10-22-21(18)20/h3-4,7-10,12-15H,1-2,5-6,11H2. The summed E-state index contributed by atoms with van der Waals surface area (Å²) in [6.45, 7) is 0. The zero-order valence-corrected chi connectivity index (χ0v) is 14.0. The fourth-order valence-electron chi connectivity index (χ4n) is 3.93. The molecule has 0 aliphatic heterocycles. The molecule has 1 fully saturated rings. The van der Waals surface area contributed by atoms with Crippen molar-refractivity contribution in [2.45, 2.75) is 32.1 Å². The van der Waals surface area contributed by atoms with Gasteiger partial charge in [-0.2, -0.15) is 0 Å². The molecule has 1 aliphatic carbocycles. The maximum absolute atomic E-state index is 11.1. The van der Waals surface area contributed by atoms with E-state index < -0.39 is 0 Å². The van der Waals surface area contributed by atoms with Gasteiger partial charge in [-0.05, 0) is 41.7 Å². The fraction of sp³-hybridized carbons (Fsp3) is 0.286. The van der Waals surface area contributed by atoms with Crippen LogP contribution < -0.4 is 0 Å². The third-order valence-electron chi connectivity index (χ3n) is 5.13. The van der Waals surface area contributed by atoms with Crippen LogP contribution in [-0.4, -0.2) is 9.91 Å². The molecule has 0 amide bonds. The number of nitro groups is 1. The van der Waals surface area contributed by atoms with Crippen molar-refractivity contribution in [3.63, 3.8) is 0 Å². The topological polar surface area (TPSA) is 56.0 Å².